The topological polar surface area (TPSA) is 93.1 Å². The number of carbonyl (C=O) groups excluding carboxylic acids is 1. The van der Waals surface area contributed by atoms with Crippen molar-refractivity contribution in [2.45, 2.75) is 31.3 Å². The Bertz CT molecular complexity index is 1010. The van der Waals surface area contributed by atoms with Crippen molar-refractivity contribution in [3.05, 3.63) is 64.9 Å². The minimum Gasteiger partial charge on any atom is -0.347 e. The molecule has 3 rings (SSSR count). The summed E-state index contributed by atoms with van der Waals surface area (Å²) in [4.78, 5) is 16.7. The number of sulfonamides is 1. The van der Waals surface area contributed by atoms with Gasteiger partial charge in [-0.1, -0.05) is 17.7 Å². The Morgan fingerprint density at radius 2 is 2.00 bits per heavy atom. The van der Waals surface area contributed by atoms with Gasteiger partial charge in [-0.25, -0.2) is 13.4 Å². The van der Waals surface area contributed by atoms with E-state index in [1.807, 2.05) is 30.5 Å². The number of rotatable bonds is 7. The number of carbonyl (C=O) groups is 1. The zero-order valence-electron chi connectivity index (χ0n) is 14.9. The molecular weight excluding hydrogens is 384 g/mol. The molecule has 2 aromatic heterocycles. The van der Waals surface area contributed by atoms with Gasteiger partial charge in [-0.2, -0.15) is 0 Å². The van der Waals surface area contributed by atoms with E-state index in [9.17, 15) is 13.2 Å². The highest BCUT2D eigenvalue weighted by atomic mass is 32.2. The molecule has 9 heteroatoms. The third-order valence-corrected chi connectivity index (χ3v) is 6.32. The predicted octanol–water partition coefficient (Wildman–Crippen LogP) is 2.87. The maximum absolute atomic E-state index is 12.7. The lowest BCUT2D eigenvalue weighted by Gasteiger charge is -2.15. The summed E-state index contributed by atoms with van der Waals surface area (Å²) >= 11 is 1.10. The van der Waals surface area contributed by atoms with Crippen LogP contribution in [-0.2, 0) is 16.6 Å². The van der Waals surface area contributed by atoms with E-state index in [0.29, 0.717) is 12.2 Å². The Labute approximate surface area is 162 Å². The summed E-state index contributed by atoms with van der Waals surface area (Å²) in [6, 6.07) is 8.26. The van der Waals surface area contributed by atoms with Gasteiger partial charge in [0.15, 0.2) is 0 Å². The molecule has 2 heterocycles. The summed E-state index contributed by atoms with van der Waals surface area (Å²) in [6.45, 7) is 4.32. The maximum atomic E-state index is 12.7. The molecule has 1 aromatic carbocycles. The van der Waals surface area contributed by atoms with Gasteiger partial charge < -0.3 is 9.88 Å². The molecule has 0 aliphatic carbocycles. The Hall–Kier alpha value is -2.65. The highest BCUT2D eigenvalue weighted by molar-refractivity contribution is 7.93. The highest BCUT2D eigenvalue weighted by Crippen LogP contribution is 2.24. The number of aromatic nitrogens is 2. The monoisotopic (exact) mass is 404 g/mol. The molecule has 0 bridgehead atoms. The van der Waals surface area contributed by atoms with Crippen molar-refractivity contribution in [3.63, 3.8) is 0 Å². The molecule has 2 N–H and O–H groups in total. The SMILES string of the molecule is Cc1ccc(NS(=O)(=O)c2ccsc2C(=O)NC(C)Cn2ccnc2)cc1. The van der Waals surface area contributed by atoms with Crippen LogP contribution in [0.15, 0.2) is 59.3 Å². The van der Waals surface area contributed by atoms with E-state index >= 15 is 0 Å². The van der Waals surface area contributed by atoms with Gasteiger partial charge in [0.2, 0.25) is 0 Å². The summed E-state index contributed by atoms with van der Waals surface area (Å²) < 4.78 is 29.8. The third kappa shape index (κ3) is 4.75. The molecule has 27 heavy (non-hydrogen) atoms. The first kappa shape index (κ1) is 19.1. The molecule has 0 aliphatic rings. The van der Waals surface area contributed by atoms with Crippen molar-refractivity contribution in [1.29, 1.82) is 0 Å². The zero-order valence-corrected chi connectivity index (χ0v) is 16.5. The van der Waals surface area contributed by atoms with Crippen LogP contribution in [0.5, 0.6) is 0 Å². The van der Waals surface area contributed by atoms with E-state index in [2.05, 4.69) is 15.0 Å². The first-order valence-electron chi connectivity index (χ1n) is 8.29. The van der Waals surface area contributed by atoms with Crippen LogP contribution < -0.4 is 10.0 Å². The van der Waals surface area contributed by atoms with Crippen LogP contribution in [0.2, 0.25) is 0 Å². The van der Waals surface area contributed by atoms with Crippen molar-refractivity contribution in [3.8, 4) is 0 Å². The molecule has 0 saturated carbocycles. The molecule has 0 saturated heterocycles. The van der Waals surface area contributed by atoms with Crippen LogP contribution in [0.25, 0.3) is 0 Å². The van der Waals surface area contributed by atoms with Gasteiger partial charge in [-0.3, -0.25) is 9.52 Å². The second-order valence-corrected chi connectivity index (χ2v) is 8.79. The van der Waals surface area contributed by atoms with Crippen LogP contribution >= 0.6 is 11.3 Å². The van der Waals surface area contributed by atoms with Crippen LogP contribution in [0, 0.1) is 6.92 Å². The average Bonchev–Trinajstić information content (AvgIpc) is 3.28. The van der Waals surface area contributed by atoms with Crippen molar-refractivity contribution in [2.24, 2.45) is 0 Å². The van der Waals surface area contributed by atoms with E-state index in [4.69, 9.17) is 0 Å². The van der Waals surface area contributed by atoms with Gasteiger partial charge in [0.1, 0.15) is 9.77 Å². The van der Waals surface area contributed by atoms with Crippen molar-refractivity contribution in [2.75, 3.05) is 4.72 Å². The molecule has 7 nitrogen and oxygen atoms in total. The molecule has 1 atom stereocenters. The number of amides is 1. The van der Waals surface area contributed by atoms with Crippen molar-refractivity contribution < 1.29 is 13.2 Å². The van der Waals surface area contributed by atoms with Crippen LogP contribution in [0.4, 0.5) is 5.69 Å². The quantitative estimate of drug-likeness (QED) is 0.633. The Balaban J connectivity index is 1.73. The van der Waals surface area contributed by atoms with Crippen molar-refractivity contribution >= 4 is 33.0 Å². The van der Waals surface area contributed by atoms with E-state index in [-0.39, 0.29) is 15.8 Å². The molecular formula is C18H20N4O3S2. The minimum absolute atomic E-state index is 0.0274. The average molecular weight is 405 g/mol. The van der Waals surface area contributed by atoms with Gasteiger partial charge in [-0.15, -0.1) is 11.3 Å². The number of hydrogen-bond donors (Lipinski definition) is 2. The summed E-state index contributed by atoms with van der Waals surface area (Å²) in [7, 11) is -3.86. The summed E-state index contributed by atoms with van der Waals surface area (Å²) in [6.07, 6.45) is 5.12. The summed E-state index contributed by atoms with van der Waals surface area (Å²) in [5, 5.41) is 4.43. The molecule has 1 unspecified atom stereocenters. The van der Waals surface area contributed by atoms with Gasteiger partial charge in [-0.05, 0) is 37.4 Å². The molecule has 0 aliphatic heterocycles. The third-order valence-electron chi connectivity index (χ3n) is 3.85. The first-order chi connectivity index (χ1) is 12.8. The lowest BCUT2D eigenvalue weighted by atomic mass is 10.2. The molecule has 142 valence electrons. The fraction of sp³-hybridized carbons (Fsp3) is 0.222. The van der Waals surface area contributed by atoms with E-state index < -0.39 is 15.9 Å². The molecule has 0 radical (unpaired) electrons. The smallest absolute Gasteiger partial charge is 0.263 e. The molecule has 3 aromatic rings. The van der Waals surface area contributed by atoms with Crippen LogP contribution in [0.3, 0.4) is 0 Å². The normalized spacial score (nSPS) is 12.5. The van der Waals surface area contributed by atoms with Gasteiger partial charge in [0.25, 0.3) is 15.9 Å². The van der Waals surface area contributed by atoms with Gasteiger partial charge in [0, 0.05) is 30.7 Å². The largest absolute Gasteiger partial charge is 0.347 e. The fourth-order valence-corrected chi connectivity index (χ4v) is 4.94. The summed E-state index contributed by atoms with van der Waals surface area (Å²) in [5.41, 5.74) is 1.48. The predicted molar refractivity (Wildman–Crippen MR) is 105 cm³/mol. The number of benzene rings is 1. The summed E-state index contributed by atoms with van der Waals surface area (Å²) in [5.74, 6) is -0.415. The lowest BCUT2D eigenvalue weighted by molar-refractivity contribution is 0.0938. The van der Waals surface area contributed by atoms with E-state index in [1.165, 1.54) is 6.07 Å². The number of hydrogen-bond acceptors (Lipinski definition) is 5. The number of anilines is 1. The Kier molecular flexibility index (Phi) is 5.62. The first-order valence-corrected chi connectivity index (χ1v) is 10.6. The maximum Gasteiger partial charge on any atom is 0.263 e. The number of aryl methyl sites for hydroxylation is 1. The Morgan fingerprint density at radius 1 is 1.26 bits per heavy atom. The van der Waals surface area contributed by atoms with E-state index in [1.54, 1.807) is 36.2 Å². The fourth-order valence-electron chi connectivity index (χ4n) is 2.55. The van der Waals surface area contributed by atoms with E-state index in [0.717, 1.165) is 16.9 Å². The molecule has 0 fully saturated rings. The highest BCUT2D eigenvalue weighted by Gasteiger charge is 2.25. The van der Waals surface area contributed by atoms with Crippen LogP contribution in [0.1, 0.15) is 22.2 Å². The number of nitrogens with one attached hydrogen (secondary N) is 2. The standard InChI is InChI=1S/C18H20N4O3S2/c1-13-3-5-15(6-4-13)21-27(24,25)16-7-10-26-17(16)18(23)20-14(2)11-22-9-8-19-12-22/h3-10,12,14,21H,11H2,1-2H3,(H,20,23). The number of nitrogens with zero attached hydrogens (tertiary/aromatic N) is 2. The van der Waals surface area contributed by atoms with Crippen molar-refractivity contribution in [1.82, 2.24) is 14.9 Å². The second-order valence-electron chi connectivity index (χ2n) is 6.22. The van der Waals surface area contributed by atoms with Gasteiger partial charge in [0.05, 0.1) is 6.33 Å². The minimum atomic E-state index is -3.86. The molecule has 1 amide bonds. The zero-order chi connectivity index (χ0) is 19.4. The van der Waals surface area contributed by atoms with Gasteiger partial charge >= 0.3 is 0 Å². The lowest BCUT2D eigenvalue weighted by Crippen LogP contribution is -2.35. The Morgan fingerprint density at radius 3 is 2.67 bits per heavy atom. The number of imidazole rings is 1. The second kappa shape index (κ2) is 7.93. The molecule has 0 spiro atoms. The van der Waals surface area contributed by atoms with Crippen LogP contribution in [-0.4, -0.2) is 29.9 Å². The number of thiophene rings is 1.